The van der Waals surface area contributed by atoms with Crippen LogP contribution in [0.5, 0.6) is 0 Å². The van der Waals surface area contributed by atoms with Gasteiger partial charge in [0.25, 0.3) is 0 Å². The summed E-state index contributed by atoms with van der Waals surface area (Å²) in [5.41, 5.74) is 3.31. The Morgan fingerprint density at radius 2 is 2.09 bits per heavy atom. The molecule has 0 unspecified atom stereocenters. The molecule has 1 amide bonds. The Labute approximate surface area is 140 Å². The first-order valence-electron chi connectivity index (χ1n) is 7.02. The number of benzene rings is 1. The predicted molar refractivity (Wildman–Crippen MR) is 91.1 cm³/mol. The number of hydrogen-bond donors (Lipinski definition) is 2. The van der Waals surface area contributed by atoms with Crippen molar-refractivity contribution in [3.8, 4) is 0 Å². The van der Waals surface area contributed by atoms with Gasteiger partial charge in [0.05, 0.1) is 11.2 Å². The van der Waals surface area contributed by atoms with Crippen molar-refractivity contribution in [1.82, 2.24) is 10.3 Å². The van der Waals surface area contributed by atoms with E-state index in [9.17, 15) is 14.7 Å². The normalized spacial score (nSPS) is 10.8. The monoisotopic (exact) mass is 346 g/mol. The quantitative estimate of drug-likeness (QED) is 0.718. The number of carbonyl (C=O) groups excluding carboxylic acids is 1. The Morgan fingerprint density at radius 3 is 2.83 bits per heavy atom. The molecule has 0 radical (unpaired) electrons. The summed E-state index contributed by atoms with van der Waals surface area (Å²) in [5, 5.41) is 15.0. The lowest BCUT2D eigenvalue weighted by molar-refractivity contribution is -0.121. The van der Waals surface area contributed by atoms with Gasteiger partial charge in [0.15, 0.2) is 0 Å². The van der Waals surface area contributed by atoms with Crippen molar-refractivity contribution in [1.29, 1.82) is 0 Å². The molecule has 118 valence electrons. The average Bonchev–Trinajstić information content (AvgIpc) is 3.18. The molecular formula is C16H14N2O3S2. The summed E-state index contributed by atoms with van der Waals surface area (Å²) in [7, 11) is 0. The second-order valence-corrected chi connectivity index (χ2v) is 6.74. The Balaban J connectivity index is 1.69. The van der Waals surface area contributed by atoms with Gasteiger partial charge in [-0.25, -0.2) is 9.78 Å². The van der Waals surface area contributed by atoms with Gasteiger partial charge in [-0.15, -0.1) is 22.7 Å². The number of thiophene rings is 1. The number of amides is 1. The van der Waals surface area contributed by atoms with Crippen molar-refractivity contribution < 1.29 is 14.7 Å². The topological polar surface area (TPSA) is 79.3 Å². The molecule has 0 bridgehead atoms. The van der Waals surface area contributed by atoms with E-state index in [0.717, 1.165) is 15.8 Å². The van der Waals surface area contributed by atoms with Crippen LogP contribution in [0, 0.1) is 0 Å². The highest BCUT2D eigenvalue weighted by atomic mass is 32.1. The minimum Gasteiger partial charge on any atom is -0.477 e. The first-order valence-corrected chi connectivity index (χ1v) is 8.78. The summed E-state index contributed by atoms with van der Waals surface area (Å²) in [6.07, 6.45) is 0.930. The molecule has 23 heavy (non-hydrogen) atoms. The molecule has 0 aliphatic rings. The van der Waals surface area contributed by atoms with Gasteiger partial charge in [0, 0.05) is 28.6 Å². The van der Waals surface area contributed by atoms with Gasteiger partial charge in [-0.3, -0.25) is 4.79 Å². The van der Waals surface area contributed by atoms with Crippen LogP contribution in [0.2, 0.25) is 0 Å². The molecule has 0 atom stereocenters. The predicted octanol–water partition coefficient (Wildman–Crippen LogP) is 3.31. The average molecular weight is 346 g/mol. The Morgan fingerprint density at radius 1 is 1.26 bits per heavy atom. The van der Waals surface area contributed by atoms with Gasteiger partial charge in [-0.1, -0.05) is 18.2 Å². The molecule has 1 aromatic carbocycles. The fourth-order valence-electron chi connectivity index (χ4n) is 2.33. The minimum absolute atomic E-state index is 0.107. The standard InChI is InChI=1S/C16H14N2O3S2/c19-14(6-5-10-8-22-9-18-10)17-7-12-11-3-1-2-4-13(11)23-15(12)16(20)21/h1-4,8-9H,5-7H2,(H,17,19)(H,20,21). The van der Waals surface area contributed by atoms with Crippen LogP contribution in [0.15, 0.2) is 35.2 Å². The van der Waals surface area contributed by atoms with Crippen molar-refractivity contribution >= 4 is 44.6 Å². The van der Waals surface area contributed by atoms with E-state index in [1.54, 1.807) is 5.51 Å². The van der Waals surface area contributed by atoms with Crippen LogP contribution in [-0.2, 0) is 17.8 Å². The SMILES string of the molecule is O=C(CCc1cscn1)NCc1c(C(=O)O)sc2ccccc12. The van der Waals surface area contributed by atoms with Gasteiger partial charge in [0.2, 0.25) is 5.91 Å². The van der Waals surface area contributed by atoms with Gasteiger partial charge in [-0.05, 0) is 17.9 Å². The molecule has 0 saturated heterocycles. The summed E-state index contributed by atoms with van der Waals surface area (Å²) < 4.78 is 0.914. The summed E-state index contributed by atoms with van der Waals surface area (Å²) >= 11 is 2.74. The lowest BCUT2D eigenvalue weighted by Crippen LogP contribution is -2.23. The molecule has 3 rings (SSSR count). The lowest BCUT2D eigenvalue weighted by atomic mass is 10.1. The Hall–Kier alpha value is -2.25. The Bertz CT molecular complexity index is 840. The number of aryl methyl sites for hydroxylation is 1. The zero-order valence-electron chi connectivity index (χ0n) is 12.1. The minimum atomic E-state index is -0.960. The number of carbonyl (C=O) groups is 2. The van der Waals surface area contributed by atoms with Gasteiger partial charge in [-0.2, -0.15) is 0 Å². The molecule has 7 heteroatoms. The molecule has 0 aliphatic carbocycles. The number of rotatable bonds is 6. The number of aromatic nitrogens is 1. The van der Waals surface area contributed by atoms with Gasteiger partial charge >= 0.3 is 5.97 Å². The van der Waals surface area contributed by atoms with Gasteiger partial charge < -0.3 is 10.4 Å². The fraction of sp³-hybridized carbons (Fsp3) is 0.188. The van der Waals surface area contributed by atoms with E-state index >= 15 is 0 Å². The number of hydrogen-bond acceptors (Lipinski definition) is 5. The van der Waals surface area contributed by atoms with Crippen LogP contribution >= 0.6 is 22.7 Å². The molecule has 0 spiro atoms. The molecule has 5 nitrogen and oxygen atoms in total. The number of nitrogens with zero attached hydrogens (tertiary/aromatic N) is 1. The first kappa shape index (κ1) is 15.6. The van der Waals surface area contributed by atoms with Crippen molar-refractivity contribution in [3.05, 3.63) is 51.3 Å². The number of carboxylic acids is 1. The summed E-state index contributed by atoms with van der Waals surface area (Å²) in [4.78, 5) is 27.8. The zero-order chi connectivity index (χ0) is 16.2. The largest absolute Gasteiger partial charge is 0.477 e. The maximum absolute atomic E-state index is 12.0. The number of aromatic carboxylic acids is 1. The highest BCUT2D eigenvalue weighted by Gasteiger charge is 2.17. The second-order valence-electron chi connectivity index (χ2n) is 4.97. The van der Waals surface area contributed by atoms with Crippen LogP contribution in [0.1, 0.15) is 27.3 Å². The zero-order valence-corrected chi connectivity index (χ0v) is 13.7. The first-order chi connectivity index (χ1) is 11.1. The maximum atomic E-state index is 12.0. The number of nitrogens with one attached hydrogen (secondary N) is 1. The van der Waals surface area contributed by atoms with E-state index in [0.29, 0.717) is 18.4 Å². The van der Waals surface area contributed by atoms with E-state index in [1.807, 2.05) is 29.6 Å². The summed E-state index contributed by atoms with van der Waals surface area (Å²) in [5.74, 6) is -1.07. The van der Waals surface area contributed by atoms with Crippen LogP contribution in [0.4, 0.5) is 0 Å². The number of carboxylic acid groups (broad SMARTS) is 1. The van der Waals surface area contributed by atoms with Crippen molar-refractivity contribution in [3.63, 3.8) is 0 Å². The van der Waals surface area contributed by atoms with Crippen LogP contribution in [0.3, 0.4) is 0 Å². The molecule has 2 aromatic heterocycles. The van der Waals surface area contributed by atoms with Gasteiger partial charge in [0.1, 0.15) is 4.88 Å². The third kappa shape index (κ3) is 3.57. The van der Waals surface area contributed by atoms with Crippen LogP contribution in [-0.4, -0.2) is 22.0 Å². The number of fused-ring (bicyclic) bond motifs is 1. The van der Waals surface area contributed by atoms with Crippen LogP contribution in [0.25, 0.3) is 10.1 Å². The summed E-state index contributed by atoms with van der Waals surface area (Å²) in [6.45, 7) is 0.224. The highest BCUT2D eigenvalue weighted by Crippen LogP contribution is 2.31. The molecule has 0 saturated carbocycles. The molecule has 0 aliphatic heterocycles. The summed E-state index contributed by atoms with van der Waals surface area (Å²) in [6, 6.07) is 7.52. The molecule has 2 N–H and O–H groups in total. The number of thiazole rings is 1. The van der Waals surface area contributed by atoms with E-state index in [4.69, 9.17) is 0 Å². The third-order valence-corrected chi connectivity index (χ3v) is 5.28. The van der Waals surface area contributed by atoms with Crippen molar-refractivity contribution in [2.75, 3.05) is 0 Å². The van der Waals surface area contributed by atoms with Crippen LogP contribution < -0.4 is 5.32 Å². The second kappa shape index (κ2) is 6.89. The van der Waals surface area contributed by atoms with E-state index in [1.165, 1.54) is 22.7 Å². The van der Waals surface area contributed by atoms with Crippen molar-refractivity contribution in [2.45, 2.75) is 19.4 Å². The van der Waals surface area contributed by atoms with Crippen molar-refractivity contribution in [2.24, 2.45) is 0 Å². The molecule has 2 heterocycles. The molecular weight excluding hydrogens is 332 g/mol. The molecule has 3 aromatic rings. The fourth-order valence-corrected chi connectivity index (χ4v) is 3.98. The van der Waals surface area contributed by atoms with E-state index in [-0.39, 0.29) is 17.3 Å². The molecule has 0 fully saturated rings. The highest BCUT2D eigenvalue weighted by molar-refractivity contribution is 7.21. The van der Waals surface area contributed by atoms with E-state index in [2.05, 4.69) is 10.3 Å². The van der Waals surface area contributed by atoms with E-state index < -0.39 is 5.97 Å². The lowest BCUT2D eigenvalue weighted by Gasteiger charge is -2.05. The maximum Gasteiger partial charge on any atom is 0.346 e. The smallest absolute Gasteiger partial charge is 0.346 e. The Kier molecular flexibility index (Phi) is 4.68. The third-order valence-electron chi connectivity index (χ3n) is 3.45.